The minimum absolute atomic E-state index is 0.000727. The molecular weight excluding hydrogens is 557 g/mol. The van der Waals surface area contributed by atoms with Gasteiger partial charge in [0.15, 0.2) is 5.78 Å². The van der Waals surface area contributed by atoms with Crippen LogP contribution in [0.1, 0.15) is 40.0 Å². The number of nitrogens with one attached hydrogen (secondary N) is 2. The summed E-state index contributed by atoms with van der Waals surface area (Å²) >= 11 is 0. The monoisotopic (exact) mass is 587 g/mol. The molecule has 10 nitrogen and oxygen atoms in total. The van der Waals surface area contributed by atoms with E-state index in [4.69, 9.17) is 4.74 Å². The topological polar surface area (TPSA) is 142 Å². The highest BCUT2D eigenvalue weighted by molar-refractivity contribution is 6.01. The molecule has 3 aromatic rings. The predicted octanol–water partition coefficient (Wildman–Crippen LogP) is 2.51. The van der Waals surface area contributed by atoms with Crippen molar-refractivity contribution >= 4 is 40.2 Å². The summed E-state index contributed by atoms with van der Waals surface area (Å²) in [5.74, 6) is -3.57. The van der Waals surface area contributed by atoms with E-state index in [1.54, 1.807) is 18.2 Å². The summed E-state index contributed by atoms with van der Waals surface area (Å²) in [6.45, 7) is -0.287. The van der Waals surface area contributed by atoms with Crippen molar-refractivity contribution < 1.29 is 38.2 Å². The van der Waals surface area contributed by atoms with E-state index >= 15 is 0 Å². The maximum absolute atomic E-state index is 13.6. The summed E-state index contributed by atoms with van der Waals surface area (Å²) in [5.41, 5.74) is 1.25. The molecule has 0 saturated carbocycles. The fourth-order valence-corrected chi connectivity index (χ4v) is 5.18. The molecule has 3 atom stereocenters. The second-order valence-corrected chi connectivity index (χ2v) is 10.7. The van der Waals surface area contributed by atoms with Crippen molar-refractivity contribution in [1.82, 2.24) is 15.5 Å². The number of halogens is 1. The van der Waals surface area contributed by atoms with Crippen molar-refractivity contribution in [2.24, 2.45) is 5.92 Å². The van der Waals surface area contributed by atoms with Gasteiger partial charge in [0.1, 0.15) is 11.9 Å². The van der Waals surface area contributed by atoms with E-state index in [-0.39, 0.29) is 44.5 Å². The van der Waals surface area contributed by atoms with Gasteiger partial charge in [-0.3, -0.25) is 24.0 Å². The van der Waals surface area contributed by atoms with Crippen LogP contribution in [0.2, 0.25) is 0 Å². The Bertz CT molecular complexity index is 1600. The zero-order valence-corrected chi connectivity index (χ0v) is 23.1. The molecule has 11 heteroatoms. The number of esters is 1. The molecule has 43 heavy (non-hydrogen) atoms. The molecular formula is C32H30FN3O7. The Morgan fingerprint density at radius 3 is 2.40 bits per heavy atom. The van der Waals surface area contributed by atoms with Gasteiger partial charge in [0.25, 0.3) is 11.8 Å². The molecule has 2 aliphatic heterocycles. The largest absolute Gasteiger partial charge is 0.436 e. The molecule has 0 bridgehead atoms. The smallest absolute Gasteiger partial charge is 0.308 e. The zero-order chi connectivity index (χ0) is 30.5. The third-order valence-corrected chi connectivity index (χ3v) is 7.49. The van der Waals surface area contributed by atoms with Crippen LogP contribution in [0.4, 0.5) is 4.39 Å². The molecule has 1 saturated heterocycles. The van der Waals surface area contributed by atoms with E-state index in [0.29, 0.717) is 11.1 Å². The first kappa shape index (κ1) is 29.6. The first-order chi connectivity index (χ1) is 20.7. The van der Waals surface area contributed by atoms with Crippen LogP contribution in [0.5, 0.6) is 0 Å². The highest BCUT2D eigenvalue weighted by Gasteiger charge is 2.36. The van der Waals surface area contributed by atoms with Gasteiger partial charge in [-0.25, -0.2) is 4.39 Å². The van der Waals surface area contributed by atoms with Gasteiger partial charge in [0.05, 0.1) is 13.0 Å². The van der Waals surface area contributed by atoms with E-state index in [9.17, 15) is 33.5 Å². The average molecular weight is 588 g/mol. The number of aliphatic hydroxyl groups excluding tert-OH is 1. The molecule has 2 heterocycles. The molecule has 2 aliphatic rings. The number of aliphatic hydroxyl groups is 1. The van der Waals surface area contributed by atoms with Crippen molar-refractivity contribution in [3.8, 4) is 0 Å². The second-order valence-electron chi connectivity index (χ2n) is 10.7. The lowest BCUT2D eigenvalue weighted by Crippen LogP contribution is -2.49. The summed E-state index contributed by atoms with van der Waals surface area (Å²) in [4.78, 5) is 65.2. The number of ether oxygens (including phenoxy) is 1. The van der Waals surface area contributed by atoms with Gasteiger partial charge in [-0.1, -0.05) is 36.4 Å². The van der Waals surface area contributed by atoms with Gasteiger partial charge in [-0.15, -0.1) is 0 Å². The Labute approximate surface area is 246 Å². The first-order valence-corrected chi connectivity index (χ1v) is 13.9. The maximum atomic E-state index is 13.6. The number of Topliss-reactive ketones (excluding diaryl/α,β-unsaturated/α-hetero) is 1. The summed E-state index contributed by atoms with van der Waals surface area (Å²) < 4.78 is 18.0. The van der Waals surface area contributed by atoms with Crippen LogP contribution in [0.3, 0.4) is 0 Å². The van der Waals surface area contributed by atoms with E-state index in [1.807, 2.05) is 30.3 Å². The lowest BCUT2D eigenvalue weighted by atomic mass is 10.00. The minimum atomic E-state index is -1.39. The van der Waals surface area contributed by atoms with Crippen molar-refractivity contribution in [2.45, 2.75) is 31.6 Å². The molecule has 222 valence electrons. The number of benzene rings is 3. The van der Waals surface area contributed by atoms with Gasteiger partial charge in [-0.05, 0) is 59.2 Å². The number of hydrogen-bond donors (Lipinski definition) is 3. The number of amides is 3. The van der Waals surface area contributed by atoms with Gasteiger partial charge in [0, 0.05) is 36.6 Å². The van der Waals surface area contributed by atoms with Gasteiger partial charge >= 0.3 is 5.97 Å². The quantitative estimate of drug-likeness (QED) is 0.258. The van der Waals surface area contributed by atoms with Gasteiger partial charge in [0.2, 0.25) is 12.2 Å². The number of cyclic esters (lactones) is 1. The fourth-order valence-electron chi connectivity index (χ4n) is 5.18. The molecule has 3 amide bonds. The summed E-state index contributed by atoms with van der Waals surface area (Å²) in [6, 6.07) is 16.8. The van der Waals surface area contributed by atoms with E-state index in [1.165, 1.54) is 29.2 Å². The number of nitrogens with zero attached hydrogens (tertiary/aromatic N) is 1. The van der Waals surface area contributed by atoms with E-state index in [2.05, 4.69) is 10.6 Å². The third kappa shape index (κ3) is 7.31. The second kappa shape index (κ2) is 13.0. The standard InChI is InChI=1S/C32H30FN3O7/c33-25-10-8-21(9-11-25)29(39)34-16-19-5-12-27(35-30(40)23-7-6-20-3-1-2-4-22(20)13-23)31(41)36(17-19)18-26(37)14-24-15-28(38)43-32(24)42/h1-11,13,24,27,32,42H,12,14-18H2,(H,34,39)(H,35,40). The number of ketones is 1. The van der Waals surface area contributed by atoms with E-state index in [0.717, 1.165) is 10.8 Å². The molecule has 3 unspecified atom stereocenters. The molecule has 5 rings (SSSR count). The van der Waals surface area contributed by atoms with Crippen LogP contribution in [-0.4, -0.2) is 71.4 Å². The molecule has 3 aromatic carbocycles. The fraction of sp³-hybridized carbons (Fsp3) is 0.281. The maximum Gasteiger partial charge on any atom is 0.308 e. The molecule has 0 spiro atoms. The highest BCUT2D eigenvalue weighted by Crippen LogP contribution is 2.24. The van der Waals surface area contributed by atoms with Crippen LogP contribution < -0.4 is 10.6 Å². The molecule has 0 radical (unpaired) electrons. The molecule has 3 N–H and O–H groups in total. The first-order valence-electron chi connectivity index (χ1n) is 13.9. The SMILES string of the molecule is O=C(CC1CC(=O)OC1O)CN1CC(CNC(=O)c2ccc(F)cc2)=CCC(NC(=O)c2ccc3ccccc3c2)C1=O. The average Bonchev–Trinajstić information content (AvgIpc) is 3.24. The lowest BCUT2D eigenvalue weighted by molar-refractivity contribution is -0.156. The highest BCUT2D eigenvalue weighted by atomic mass is 19.1. The van der Waals surface area contributed by atoms with Crippen molar-refractivity contribution in [2.75, 3.05) is 19.6 Å². The Hall–Kier alpha value is -4.90. The number of hydrogen-bond acceptors (Lipinski definition) is 7. The van der Waals surface area contributed by atoms with Crippen LogP contribution in [-0.2, 0) is 19.1 Å². The Morgan fingerprint density at radius 1 is 0.953 bits per heavy atom. The number of carbonyl (C=O) groups is 5. The molecule has 0 aliphatic carbocycles. The minimum Gasteiger partial charge on any atom is -0.436 e. The Morgan fingerprint density at radius 2 is 1.67 bits per heavy atom. The predicted molar refractivity (Wildman–Crippen MR) is 153 cm³/mol. The van der Waals surface area contributed by atoms with Crippen LogP contribution in [0.25, 0.3) is 10.8 Å². The van der Waals surface area contributed by atoms with Crippen molar-refractivity contribution in [3.05, 3.63) is 95.3 Å². The summed E-state index contributed by atoms with van der Waals surface area (Å²) in [5, 5.41) is 17.3. The van der Waals surface area contributed by atoms with Crippen LogP contribution in [0.15, 0.2) is 78.4 Å². The number of carbonyl (C=O) groups excluding carboxylic acids is 5. The summed E-state index contributed by atoms with van der Waals surface area (Å²) in [7, 11) is 0. The zero-order valence-electron chi connectivity index (χ0n) is 23.1. The Kier molecular flexibility index (Phi) is 8.91. The lowest BCUT2D eigenvalue weighted by Gasteiger charge is -2.26. The third-order valence-electron chi connectivity index (χ3n) is 7.49. The molecule has 0 aromatic heterocycles. The van der Waals surface area contributed by atoms with Crippen LogP contribution in [0, 0.1) is 11.7 Å². The van der Waals surface area contributed by atoms with E-state index < -0.39 is 53.5 Å². The number of rotatable bonds is 9. The van der Waals surface area contributed by atoms with Crippen LogP contribution >= 0.6 is 0 Å². The van der Waals surface area contributed by atoms with Crippen molar-refractivity contribution in [3.63, 3.8) is 0 Å². The molecule has 1 fully saturated rings. The van der Waals surface area contributed by atoms with Crippen molar-refractivity contribution in [1.29, 1.82) is 0 Å². The summed E-state index contributed by atoms with van der Waals surface area (Å²) in [6.07, 6.45) is 0.194. The van der Waals surface area contributed by atoms with Gasteiger partial charge in [-0.2, -0.15) is 0 Å². The number of fused-ring (bicyclic) bond motifs is 1. The Balaban J connectivity index is 1.31. The normalized spacial score (nSPS) is 20.3. The van der Waals surface area contributed by atoms with Gasteiger partial charge < -0.3 is 25.4 Å².